The average molecular weight is 270 g/mol. The first kappa shape index (κ1) is 13.6. The SMILES string of the molecule is CC(C)c1cccn([C@@H]2CCN(S)C[C@@H]2F)c1=O. The molecule has 2 heterocycles. The Morgan fingerprint density at radius 3 is 2.83 bits per heavy atom. The monoisotopic (exact) mass is 270 g/mol. The van der Waals surface area contributed by atoms with E-state index in [1.165, 1.54) is 0 Å². The molecule has 0 bridgehead atoms. The van der Waals surface area contributed by atoms with Crippen LogP contribution in [0, 0.1) is 0 Å². The molecule has 0 N–H and O–H groups in total. The van der Waals surface area contributed by atoms with Crippen LogP contribution in [0.3, 0.4) is 0 Å². The molecule has 0 aliphatic carbocycles. The minimum absolute atomic E-state index is 0.0623. The molecule has 0 saturated carbocycles. The van der Waals surface area contributed by atoms with E-state index in [1.807, 2.05) is 26.0 Å². The maximum Gasteiger partial charge on any atom is 0.254 e. The largest absolute Gasteiger partial charge is 0.309 e. The van der Waals surface area contributed by atoms with E-state index in [0.29, 0.717) is 13.0 Å². The number of halogens is 1. The topological polar surface area (TPSA) is 25.2 Å². The van der Waals surface area contributed by atoms with E-state index >= 15 is 0 Å². The van der Waals surface area contributed by atoms with E-state index in [0.717, 1.165) is 5.56 Å². The van der Waals surface area contributed by atoms with E-state index < -0.39 is 6.17 Å². The molecular formula is C13H19FN2OS. The van der Waals surface area contributed by atoms with E-state index in [1.54, 1.807) is 15.1 Å². The Bertz CT molecular complexity index is 474. The molecular weight excluding hydrogens is 251 g/mol. The number of hydrogen-bond acceptors (Lipinski definition) is 3. The lowest BCUT2D eigenvalue weighted by Gasteiger charge is -2.32. The molecule has 2 atom stereocenters. The number of alkyl halides is 1. The molecule has 0 amide bonds. The summed E-state index contributed by atoms with van der Waals surface area (Å²) in [5.74, 6) is 0.160. The highest BCUT2D eigenvalue weighted by atomic mass is 32.1. The predicted octanol–water partition coefficient (Wildman–Crippen LogP) is 2.40. The number of aromatic nitrogens is 1. The zero-order chi connectivity index (χ0) is 13.3. The van der Waals surface area contributed by atoms with Gasteiger partial charge < -0.3 is 4.57 Å². The molecule has 1 fully saturated rings. The summed E-state index contributed by atoms with van der Waals surface area (Å²) in [6.45, 7) is 4.92. The van der Waals surface area contributed by atoms with E-state index in [9.17, 15) is 9.18 Å². The lowest BCUT2D eigenvalue weighted by atomic mass is 10.0. The third kappa shape index (κ3) is 2.62. The first-order chi connectivity index (χ1) is 8.50. The van der Waals surface area contributed by atoms with E-state index in [4.69, 9.17) is 0 Å². The van der Waals surface area contributed by atoms with Crippen LogP contribution >= 0.6 is 12.8 Å². The molecule has 1 saturated heterocycles. The summed E-state index contributed by atoms with van der Waals surface area (Å²) in [4.78, 5) is 12.3. The molecule has 3 nitrogen and oxygen atoms in total. The first-order valence-electron chi connectivity index (χ1n) is 6.29. The van der Waals surface area contributed by atoms with Crippen LogP contribution in [0.1, 0.15) is 37.8 Å². The van der Waals surface area contributed by atoms with Crippen molar-refractivity contribution in [2.45, 2.75) is 38.4 Å². The zero-order valence-electron chi connectivity index (χ0n) is 10.7. The number of pyridine rings is 1. The predicted molar refractivity (Wildman–Crippen MR) is 73.9 cm³/mol. The second kappa shape index (κ2) is 5.45. The molecule has 100 valence electrons. The van der Waals surface area contributed by atoms with Gasteiger partial charge in [-0.3, -0.25) is 9.10 Å². The summed E-state index contributed by atoms with van der Waals surface area (Å²) in [5, 5.41) is 0. The van der Waals surface area contributed by atoms with Crippen molar-refractivity contribution in [2.75, 3.05) is 13.1 Å². The van der Waals surface area contributed by atoms with E-state index in [-0.39, 0.29) is 24.1 Å². The summed E-state index contributed by atoms with van der Waals surface area (Å²) < 4.78 is 17.3. The van der Waals surface area contributed by atoms with Crippen molar-refractivity contribution in [1.82, 2.24) is 8.87 Å². The number of hydrogen-bond donors (Lipinski definition) is 1. The molecule has 0 unspecified atom stereocenters. The van der Waals surface area contributed by atoms with Gasteiger partial charge >= 0.3 is 0 Å². The summed E-state index contributed by atoms with van der Waals surface area (Å²) in [7, 11) is 0. The number of piperidine rings is 1. The van der Waals surface area contributed by atoms with Crippen LogP contribution in [0.5, 0.6) is 0 Å². The van der Waals surface area contributed by atoms with Gasteiger partial charge in [-0.2, -0.15) is 0 Å². The van der Waals surface area contributed by atoms with Gasteiger partial charge in [0, 0.05) is 24.8 Å². The highest BCUT2D eigenvalue weighted by Crippen LogP contribution is 2.25. The Kier molecular flexibility index (Phi) is 4.12. The molecule has 1 aliphatic rings. The van der Waals surface area contributed by atoms with E-state index in [2.05, 4.69) is 12.8 Å². The summed E-state index contributed by atoms with van der Waals surface area (Å²) >= 11 is 4.16. The van der Waals surface area contributed by atoms with Crippen LogP contribution in [0.15, 0.2) is 23.1 Å². The highest BCUT2D eigenvalue weighted by Gasteiger charge is 2.30. The van der Waals surface area contributed by atoms with Gasteiger partial charge in [-0.15, -0.1) is 0 Å². The minimum atomic E-state index is -1.05. The number of rotatable bonds is 2. The van der Waals surface area contributed by atoms with Crippen molar-refractivity contribution in [1.29, 1.82) is 0 Å². The smallest absolute Gasteiger partial charge is 0.254 e. The zero-order valence-corrected chi connectivity index (χ0v) is 11.6. The molecule has 2 rings (SSSR count). The summed E-state index contributed by atoms with van der Waals surface area (Å²) in [6, 6.07) is 3.29. The van der Waals surface area contributed by atoms with Gasteiger partial charge in [0.05, 0.1) is 6.04 Å². The number of nitrogens with zero attached hydrogens (tertiary/aromatic N) is 2. The van der Waals surface area contributed by atoms with Crippen LogP contribution in [0.4, 0.5) is 4.39 Å². The standard InChI is InChI=1S/C13H19FN2OS/c1-9(2)10-4-3-6-16(13(10)17)12-5-7-15(18)8-11(12)14/h3-4,6,9,11-12,18H,5,7-8H2,1-2H3/t11-,12+/m0/s1. The molecule has 1 aromatic rings. The molecule has 0 aromatic carbocycles. The van der Waals surface area contributed by atoms with Gasteiger partial charge in [-0.25, -0.2) is 4.39 Å². The van der Waals surface area contributed by atoms with Gasteiger partial charge in [0.25, 0.3) is 5.56 Å². The first-order valence-corrected chi connectivity index (χ1v) is 6.69. The van der Waals surface area contributed by atoms with Gasteiger partial charge in [0.1, 0.15) is 6.17 Å². The van der Waals surface area contributed by atoms with Crippen molar-refractivity contribution in [3.8, 4) is 0 Å². The van der Waals surface area contributed by atoms with Crippen LogP contribution in [0.2, 0.25) is 0 Å². The lowest BCUT2D eigenvalue weighted by Crippen LogP contribution is -2.42. The van der Waals surface area contributed by atoms with Gasteiger partial charge in [0.2, 0.25) is 0 Å². The average Bonchev–Trinajstić information content (AvgIpc) is 2.30. The van der Waals surface area contributed by atoms with Crippen molar-refractivity contribution in [3.63, 3.8) is 0 Å². The Balaban J connectivity index is 2.34. The Morgan fingerprint density at radius 1 is 1.50 bits per heavy atom. The highest BCUT2D eigenvalue weighted by molar-refractivity contribution is 7.77. The summed E-state index contributed by atoms with van der Waals surface area (Å²) in [6.07, 6.45) is 1.27. The summed E-state index contributed by atoms with van der Waals surface area (Å²) in [5.41, 5.74) is 0.686. The number of thiol groups is 1. The maximum atomic E-state index is 14.0. The fraction of sp³-hybridized carbons (Fsp3) is 0.615. The minimum Gasteiger partial charge on any atom is -0.309 e. The van der Waals surface area contributed by atoms with Crippen LogP contribution < -0.4 is 5.56 Å². The molecule has 0 spiro atoms. The van der Waals surface area contributed by atoms with Crippen LogP contribution in [-0.2, 0) is 0 Å². The molecule has 1 aliphatic heterocycles. The Labute approximate surface area is 112 Å². The third-order valence-corrected chi connectivity index (χ3v) is 3.83. The van der Waals surface area contributed by atoms with Gasteiger partial charge in [0.15, 0.2) is 0 Å². The fourth-order valence-electron chi connectivity index (χ4n) is 2.42. The van der Waals surface area contributed by atoms with Crippen molar-refractivity contribution in [2.24, 2.45) is 0 Å². The Morgan fingerprint density at radius 2 is 2.22 bits per heavy atom. The molecule has 5 heteroatoms. The van der Waals surface area contributed by atoms with Crippen molar-refractivity contribution >= 4 is 12.8 Å². The van der Waals surface area contributed by atoms with Crippen molar-refractivity contribution < 1.29 is 4.39 Å². The lowest BCUT2D eigenvalue weighted by molar-refractivity contribution is 0.142. The maximum absolute atomic E-state index is 14.0. The normalized spacial score (nSPS) is 25.6. The molecule has 0 radical (unpaired) electrons. The molecule has 1 aromatic heterocycles. The fourth-order valence-corrected chi connectivity index (χ4v) is 2.69. The molecule has 18 heavy (non-hydrogen) atoms. The van der Waals surface area contributed by atoms with Crippen molar-refractivity contribution in [3.05, 3.63) is 34.2 Å². The second-order valence-corrected chi connectivity index (χ2v) is 5.68. The Hall–Kier alpha value is -0.810. The van der Waals surface area contributed by atoms with Gasteiger partial charge in [-0.05, 0) is 18.4 Å². The third-order valence-electron chi connectivity index (χ3n) is 3.47. The second-order valence-electron chi connectivity index (χ2n) is 5.12. The van der Waals surface area contributed by atoms with Gasteiger partial charge in [-0.1, -0.05) is 32.7 Å². The van der Waals surface area contributed by atoms with Crippen LogP contribution in [-0.4, -0.2) is 28.1 Å². The van der Waals surface area contributed by atoms with Crippen LogP contribution in [0.25, 0.3) is 0 Å². The quantitative estimate of drug-likeness (QED) is 0.835.